The van der Waals surface area contributed by atoms with Gasteiger partial charge < -0.3 is 10.1 Å². The van der Waals surface area contributed by atoms with Gasteiger partial charge >= 0.3 is 16.4 Å². The largest absolute Gasteiger partial charge is 0.444 e. The Morgan fingerprint density at radius 1 is 1.09 bits per heavy atom. The predicted molar refractivity (Wildman–Crippen MR) is 132 cm³/mol. The highest BCUT2D eigenvalue weighted by molar-refractivity contribution is 7.87. The summed E-state index contributed by atoms with van der Waals surface area (Å²) in [5.74, 6) is 0. The molecule has 0 bridgehead atoms. The molecule has 1 atom stereocenters. The molecule has 2 rings (SSSR count). The van der Waals surface area contributed by atoms with E-state index in [4.69, 9.17) is 9.29 Å². The maximum atomic E-state index is 12.4. The Bertz CT molecular complexity index is 1100. The first kappa shape index (κ1) is 26.1. The first-order valence-electron chi connectivity index (χ1n) is 10.4. The summed E-state index contributed by atoms with van der Waals surface area (Å²) in [5.41, 5.74) is 3.11. The van der Waals surface area contributed by atoms with Gasteiger partial charge in [0.2, 0.25) is 0 Å². The molecule has 0 fully saturated rings. The van der Waals surface area contributed by atoms with Gasteiger partial charge in [0.15, 0.2) is 0 Å². The van der Waals surface area contributed by atoms with Crippen LogP contribution in [0.2, 0.25) is 0 Å². The minimum absolute atomic E-state index is 0.227. The van der Waals surface area contributed by atoms with E-state index < -0.39 is 28.0 Å². The van der Waals surface area contributed by atoms with Gasteiger partial charge in [0.05, 0.1) is 11.7 Å². The van der Waals surface area contributed by atoms with Crippen LogP contribution < -0.4 is 10.0 Å². The summed E-state index contributed by atoms with van der Waals surface area (Å²) in [5, 5.41) is 2.87. The fraction of sp³-hybridized carbons (Fsp3) is 0.333. The zero-order chi connectivity index (χ0) is 24.6. The van der Waals surface area contributed by atoms with Crippen molar-refractivity contribution in [2.45, 2.75) is 52.7 Å². The monoisotopic (exact) mass is 473 g/mol. The summed E-state index contributed by atoms with van der Waals surface area (Å²) in [6.07, 6.45) is 1.60. The summed E-state index contributed by atoms with van der Waals surface area (Å²) in [4.78, 5) is 17.0. The molecule has 0 aliphatic rings. The Kier molecular flexibility index (Phi) is 8.78. The number of carbonyl (C=O) groups excluding carboxylic acids is 1. The van der Waals surface area contributed by atoms with Gasteiger partial charge in [-0.25, -0.2) is 4.79 Å². The SMILES string of the molecule is CC(=N/C=C(\C)c1ccccc1)[C@H](Cc1ccc(NS(=O)(=O)O)cc1)NC(=O)OC(C)(C)C. The van der Waals surface area contributed by atoms with Crippen LogP contribution in [-0.2, 0) is 21.5 Å². The van der Waals surface area contributed by atoms with Crippen LogP contribution in [0.1, 0.15) is 45.7 Å². The van der Waals surface area contributed by atoms with E-state index in [9.17, 15) is 13.2 Å². The minimum Gasteiger partial charge on any atom is -0.444 e. The summed E-state index contributed by atoms with van der Waals surface area (Å²) >= 11 is 0. The lowest BCUT2D eigenvalue weighted by Crippen LogP contribution is -2.44. The number of alkyl carbamates (subject to hydrolysis) is 1. The Morgan fingerprint density at radius 2 is 1.70 bits per heavy atom. The van der Waals surface area contributed by atoms with Gasteiger partial charge in [-0.15, -0.1) is 0 Å². The van der Waals surface area contributed by atoms with Gasteiger partial charge in [0.1, 0.15) is 5.60 Å². The number of amides is 1. The highest BCUT2D eigenvalue weighted by atomic mass is 32.2. The highest BCUT2D eigenvalue weighted by Gasteiger charge is 2.21. The van der Waals surface area contributed by atoms with Crippen molar-refractivity contribution in [3.63, 3.8) is 0 Å². The van der Waals surface area contributed by atoms with Crippen LogP contribution in [0.3, 0.4) is 0 Å². The number of hydrogen-bond donors (Lipinski definition) is 3. The molecule has 0 spiro atoms. The fourth-order valence-electron chi connectivity index (χ4n) is 2.91. The van der Waals surface area contributed by atoms with Gasteiger partial charge in [0.25, 0.3) is 0 Å². The van der Waals surface area contributed by atoms with Crippen LogP contribution in [-0.4, -0.2) is 36.4 Å². The fourth-order valence-corrected chi connectivity index (χ4v) is 3.34. The molecule has 0 saturated heterocycles. The van der Waals surface area contributed by atoms with Crippen molar-refractivity contribution in [3.8, 4) is 0 Å². The molecule has 178 valence electrons. The lowest BCUT2D eigenvalue weighted by atomic mass is 10.0. The normalized spacial score (nSPS) is 13.9. The third-order valence-corrected chi connectivity index (χ3v) is 5.02. The van der Waals surface area contributed by atoms with Crippen LogP contribution in [0.25, 0.3) is 5.57 Å². The molecule has 0 saturated carbocycles. The summed E-state index contributed by atoms with van der Waals surface area (Å²) in [6, 6.07) is 15.9. The number of benzene rings is 2. The van der Waals surface area contributed by atoms with Gasteiger partial charge in [-0.05, 0) is 69.9 Å². The molecule has 8 nitrogen and oxygen atoms in total. The molecule has 1 amide bonds. The van der Waals surface area contributed by atoms with Crippen molar-refractivity contribution in [2.24, 2.45) is 4.99 Å². The van der Waals surface area contributed by atoms with Crippen molar-refractivity contribution in [3.05, 3.63) is 71.9 Å². The van der Waals surface area contributed by atoms with Crippen molar-refractivity contribution < 1.29 is 22.5 Å². The first-order chi connectivity index (χ1) is 15.3. The van der Waals surface area contributed by atoms with Crippen molar-refractivity contribution in [1.82, 2.24) is 5.32 Å². The van der Waals surface area contributed by atoms with Crippen molar-refractivity contribution in [2.75, 3.05) is 4.72 Å². The minimum atomic E-state index is -4.35. The third-order valence-electron chi connectivity index (χ3n) is 4.53. The molecular weight excluding hydrogens is 442 g/mol. The number of nitrogens with zero attached hydrogens (tertiary/aromatic N) is 1. The summed E-state index contributed by atoms with van der Waals surface area (Å²) in [6.45, 7) is 9.15. The van der Waals surface area contributed by atoms with Gasteiger partial charge in [-0.2, -0.15) is 8.42 Å². The van der Waals surface area contributed by atoms with Crippen LogP contribution in [0, 0.1) is 0 Å². The maximum absolute atomic E-state index is 12.4. The number of nitrogens with one attached hydrogen (secondary N) is 2. The number of aliphatic imine (C=N–C) groups is 1. The number of anilines is 1. The first-order valence-corrected chi connectivity index (χ1v) is 11.9. The van der Waals surface area contributed by atoms with E-state index in [1.165, 1.54) is 12.1 Å². The van der Waals surface area contributed by atoms with Crippen LogP contribution in [0.15, 0.2) is 65.8 Å². The Labute approximate surface area is 195 Å². The average molecular weight is 474 g/mol. The second-order valence-corrected chi connectivity index (χ2v) is 9.78. The molecule has 2 aromatic carbocycles. The summed E-state index contributed by atoms with van der Waals surface area (Å²) in [7, 11) is -4.35. The quantitative estimate of drug-likeness (QED) is 0.374. The Hall–Kier alpha value is -3.17. The lowest BCUT2D eigenvalue weighted by Gasteiger charge is -2.24. The van der Waals surface area contributed by atoms with Crippen molar-refractivity contribution in [1.29, 1.82) is 0 Å². The van der Waals surface area contributed by atoms with E-state index in [1.807, 2.05) is 48.9 Å². The van der Waals surface area contributed by atoms with Gasteiger partial charge in [-0.3, -0.25) is 14.3 Å². The zero-order valence-corrected chi connectivity index (χ0v) is 20.3. The standard InChI is InChI=1S/C24H31N3O5S/c1-17(20-9-7-6-8-10-20)16-25-18(2)22(26-23(28)32-24(3,4)5)15-19-11-13-21(14-12-19)27-33(29,30)31/h6-14,16,22,27H,15H2,1-5H3,(H,26,28)(H,29,30,31)/b17-16+,25-18?/t22-/m0/s1. The Balaban J connectivity index is 2.24. The molecule has 33 heavy (non-hydrogen) atoms. The smallest absolute Gasteiger partial charge is 0.408 e. The second kappa shape index (κ2) is 11.1. The molecule has 0 aliphatic carbocycles. The molecular formula is C24H31N3O5S. The lowest BCUT2D eigenvalue weighted by molar-refractivity contribution is 0.0518. The molecule has 0 unspecified atom stereocenters. The van der Waals surface area contributed by atoms with Crippen LogP contribution in [0.4, 0.5) is 10.5 Å². The predicted octanol–water partition coefficient (Wildman–Crippen LogP) is 4.86. The van der Waals surface area contributed by atoms with Crippen LogP contribution >= 0.6 is 0 Å². The Morgan fingerprint density at radius 3 is 2.24 bits per heavy atom. The van der Waals surface area contributed by atoms with E-state index in [0.717, 1.165) is 16.7 Å². The highest BCUT2D eigenvalue weighted by Crippen LogP contribution is 2.16. The molecule has 0 heterocycles. The van der Waals surface area contributed by atoms with Gasteiger partial charge in [-0.1, -0.05) is 42.5 Å². The summed E-state index contributed by atoms with van der Waals surface area (Å²) < 4.78 is 38.3. The van der Waals surface area contributed by atoms with E-state index in [-0.39, 0.29) is 5.69 Å². The van der Waals surface area contributed by atoms with Crippen LogP contribution in [0.5, 0.6) is 0 Å². The number of hydrogen-bond acceptors (Lipinski definition) is 5. The van der Waals surface area contributed by atoms with E-state index in [2.05, 4.69) is 10.3 Å². The molecule has 0 radical (unpaired) electrons. The number of carbonyl (C=O) groups is 1. The second-order valence-electron chi connectivity index (χ2n) is 8.63. The van der Waals surface area contributed by atoms with E-state index >= 15 is 0 Å². The number of ether oxygens (including phenoxy) is 1. The molecule has 3 N–H and O–H groups in total. The van der Waals surface area contributed by atoms with Crippen molar-refractivity contribution >= 4 is 33.4 Å². The maximum Gasteiger partial charge on any atom is 0.408 e. The number of rotatable bonds is 8. The molecule has 2 aromatic rings. The topological polar surface area (TPSA) is 117 Å². The zero-order valence-electron chi connectivity index (χ0n) is 19.5. The third kappa shape index (κ3) is 9.88. The van der Waals surface area contributed by atoms with E-state index in [1.54, 1.807) is 39.1 Å². The molecule has 0 aromatic heterocycles. The van der Waals surface area contributed by atoms with Gasteiger partial charge in [0, 0.05) is 11.9 Å². The number of allylic oxidation sites excluding steroid dienone is 1. The molecule has 9 heteroatoms. The average Bonchev–Trinajstić information content (AvgIpc) is 2.71. The van der Waals surface area contributed by atoms with E-state index in [0.29, 0.717) is 12.1 Å². The molecule has 0 aliphatic heterocycles.